The van der Waals surface area contributed by atoms with Gasteiger partial charge >= 0.3 is 0 Å². The van der Waals surface area contributed by atoms with Crippen molar-refractivity contribution in [1.29, 1.82) is 0 Å². The van der Waals surface area contributed by atoms with Gasteiger partial charge < -0.3 is 21.1 Å². The number of benzene rings is 1. The van der Waals surface area contributed by atoms with Crippen LogP contribution in [0.25, 0.3) is 0 Å². The van der Waals surface area contributed by atoms with Crippen LogP contribution in [0.15, 0.2) is 30.3 Å². The summed E-state index contributed by atoms with van der Waals surface area (Å²) in [7, 11) is 1.65. The van der Waals surface area contributed by atoms with Crippen molar-refractivity contribution in [2.24, 2.45) is 0 Å². The Morgan fingerprint density at radius 1 is 1.38 bits per heavy atom. The second kappa shape index (κ2) is 6.99. The maximum atomic E-state index is 11.8. The van der Waals surface area contributed by atoms with E-state index in [4.69, 9.17) is 10.5 Å². The highest BCUT2D eigenvalue weighted by Crippen LogP contribution is 2.30. The average molecular weight is 305 g/mol. The zero-order valence-electron chi connectivity index (χ0n) is 12.1. The van der Waals surface area contributed by atoms with Crippen molar-refractivity contribution in [3.05, 3.63) is 40.8 Å². The Labute approximate surface area is 128 Å². The summed E-state index contributed by atoms with van der Waals surface area (Å²) in [5.74, 6) is 0.698. The van der Waals surface area contributed by atoms with Gasteiger partial charge in [0.2, 0.25) is 0 Å². The number of nitrogens with two attached hydrogens (primary N) is 1. The number of nitrogen functional groups attached to an aromatic ring is 1. The minimum Gasteiger partial charge on any atom is -0.496 e. The Balaban J connectivity index is 2.07. The highest BCUT2D eigenvalue weighted by atomic mass is 32.1. The first-order chi connectivity index (χ1) is 10.2. The van der Waals surface area contributed by atoms with E-state index in [1.165, 1.54) is 11.3 Å². The van der Waals surface area contributed by atoms with E-state index in [2.05, 4.69) is 10.6 Å². The molecule has 5 nitrogen and oxygen atoms in total. The van der Waals surface area contributed by atoms with Crippen LogP contribution in [0.4, 0.5) is 10.7 Å². The Hall–Kier alpha value is -2.21. The number of hydrogen-bond acceptors (Lipinski definition) is 5. The van der Waals surface area contributed by atoms with Gasteiger partial charge in [0, 0.05) is 18.7 Å². The molecule has 4 N–H and O–H groups in total. The number of ether oxygens (including phenoxy) is 1. The number of methoxy groups -OCH3 is 1. The molecule has 6 heteroatoms. The second-order valence-corrected chi connectivity index (χ2v) is 5.47. The van der Waals surface area contributed by atoms with Gasteiger partial charge in [0.25, 0.3) is 5.91 Å². The quantitative estimate of drug-likeness (QED) is 0.767. The van der Waals surface area contributed by atoms with Crippen LogP contribution < -0.4 is 21.1 Å². The van der Waals surface area contributed by atoms with Crippen LogP contribution >= 0.6 is 11.3 Å². The third-order valence-corrected chi connectivity index (χ3v) is 4.06. The fourth-order valence-corrected chi connectivity index (χ4v) is 2.83. The lowest BCUT2D eigenvalue weighted by Crippen LogP contribution is -2.22. The van der Waals surface area contributed by atoms with Gasteiger partial charge in [-0.3, -0.25) is 4.79 Å². The van der Waals surface area contributed by atoms with Gasteiger partial charge in [-0.05, 0) is 19.1 Å². The average Bonchev–Trinajstić information content (AvgIpc) is 2.87. The fraction of sp³-hybridized carbons (Fsp3) is 0.267. The molecule has 0 bridgehead atoms. The van der Waals surface area contributed by atoms with Gasteiger partial charge in [0.15, 0.2) is 0 Å². The number of rotatable bonds is 6. The Morgan fingerprint density at radius 3 is 2.86 bits per heavy atom. The van der Waals surface area contributed by atoms with Crippen LogP contribution in [0, 0.1) is 0 Å². The highest BCUT2D eigenvalue weighted by Gasteiger charge is 2.13. The molecule has 0 aliphatic carbocycles. The summed E-state index contributed by atoms with van der Waals surface area (Å²) < 4.78 is 5.31. The second-order valence-electron chi connectivity index (χ2n) is 4.42. The highest BCUT2D eigenvalue weighted by molar-refractivity contribution is 7.18. The first-order valence-electron chi connectivity index (χ1n) is 6.69. The van der Waals surface area contributed by atoms with Crippen LogP contribution in [0.3, 0.4) is 0 Å². The first-order valence-corrected chi connectivity index (χ1v) is 7.50. The molecule has 0 radical (unpaired) electrons. The summed E-state index contributed by atoms with van der Waals surface area (Å²) in [6.45, 7) is 3.07. The molecule has 2 aromatic rings. The Bertz CT molecular complexity index is 625. The van der Waals surface area contributed by atoms with Gasteiger partial charge in [-0.15, -0.1) is 11.3 Å². The summed E-state index contributed by atoms with van der Waals surface area (Å²) in [5, 5.41) is 6.88. The van der Waals surface area contributed by atoms with Crippen LogP contribution in [0.1, 0.15) is 22.2 Å². The van der Waals surface area contributed by atoms with E-state index < -0.39 is 0 Å². The topological polar surface area (TPSA) is 76.4 Å². The third-order valence-electron chi connectivity index (χ3n) is 2.95. The van der Waals surface area contributed by atoms with E-state index in [1.54, 1.807) is 13.2 Å². The monoisotopic (exact) mass is 305 g/mol. The predicted molar refractivity (Wildman–Crippen MR) is 87.1 cm³/mol. The molecule has 1 aromatic carbocycles. The van der Waals surface area contributed by atoms with Gasteiger partial charge in [-0.2, -0.15) is 0 Å². The summed E-state index contributed by atoms with van der Waals surface area (Å²) in [6, 6.07) is 9.58. The third kappa shape index (κ3) is 3.66. The van der Waals surface area contributed by atoms with Crippen LogP contribution in [0.2, 0.25) is 0 Å². The number of para-hydroxylation sites is 1. The zero-order valence-corrected chi connectivity index (χ0v) is 12.9. The fourth-order valence-electron chi connectivity index (χ4n) is 1.94. The number of amides is 1. The molecule has 1 aromatic heterocycles. The van der Waals surface area contributed by atoms with Crippen molar-refractivity contribution in [3.63, 3.8) is 0 Å². The van der Waals surface area contributed by atoms with Crippen LogP contribution in [0.5, 0.6) is 5.75 Å². The number of hydrogen-bond donors (Lipinski definition) is 3. The lowest BCUT2D eigenvalue weighted by molar-refractivity contribution is 0.0960. The van der Waals surface area contributed by atoms with Crippen molar-refractivity contribution < 1.29 is 9.53 Å². The minimum absolute atomic E-state index is 0.134. The minimum atomic E-state index is -0.134. The normalized spacial score (nSPS) is 10.2. The van der Waals surface area contributed by atoms with Crippen LogP contribution in [-0.2, 0) is 6.54 Å². The molecule has 2 rings (SSSR count). The molecule has 0 unspecified atom stereocenters. The lowest BCUT2D eigenvalue weighted by atomic mass is 10.2. The summed E-state index contributed by atoms with van der Waals surface area (Å²) in [4.78, 5) is 12.4. The predicted octanol–water partition coefficient (Wildman–Crippen LogP) is 2.70. The number of carbonyl (C=O) groups excluding carboxylic acids is 1. The van der Waals surface area contributed by atoms with Gasteiger partial charge in [-0.25, -0.2) is 0 Å². The smallest absolute Gasteiger partial charge is 0.263 e. The first kappa shape index (κ1) is 15.2. The molecule has 0 fully saturated rings. The number of nitrogens with one attached hydrogen (secondary N) is 2. The van der Waals surface area contributed by atoms with Crippen LogP contribution in [-0.4, -0.2) is 19.6 Å². The molecule has 0 spiro atoms. The Morgan fingerprint density at radius 2 is 2.14 bits per heavy atom. The van der Waals surface area contributed by atoms with Gasteiger partial charge in [-0.1, -0.05) is 18.2 Å². The van der Waals surface area contributed by atoms with E-state index in [-0.39, 0.29) is 5.91 Å². The van der Waals surface area contributed by atoms with Gasteiger partial charge in [0.1, 0.15) is 10.6 Å². The molecule has 0 aliphatic rings. The molecule has 0 atom stereocenters. The number of thiophene rings is 1. The largest absolute Gasteiger partial charge is 0.496 e. The molecule has 0 saturated carbocycles. The zero-order chi connectivity index (χ0) is 15.2. The standard InChI is InChI=1S/C15H19N3O2S/c1-3-17-15(19)14-11(16)8-13(21-14)18-9-10-6-4-5-7-12(10)20-2/h4-8,18H,3,9,16H2,1-2H3,(H,17,19). The maximum Gasteiger partial charge on any atom is 0.263 e. The van der Waals surface area contributed by atoms with Crippen molar-refractivity contribution >= 4 is 27.9 Å². The van der Waals surface area contributed by atoms with E-state index in [0.717, 1.165) is 16.3 Å². The number of anilines is 2. The van der Waals surface area contributed by atoms with E-state index in [0.29, 0.717) is 23.7 Å². The number of carbonyl (C=O) groups is 1. The molecule has 112 valence electrons. The van der Waals surface area contributed by atoms with Crippen molar-refractivity contribution in [1.82, 2.24) is 5.32 Å². The van der Waals surface area contributed by atoms with Crippen molar-refractivity contribution in [2.75, 3.05) is 24.7 Å². The molecule has 1 amide bonds. The lowest BCUT2D eigenvalue weighted by Gasteiger charge is -2.08. The summed E-state index contributed by atoms with van der Waals surface area (Å²) >= 11 is 1.35. The molecule has 0 saturated heterocycles. The van der Waals surface area contributed by atoms with E-state index in [1.807, 2.05) is 31.2 Å². The maximum absolute atomic E-state index is 11.8. The van der Waals surface area contributed by atoms with Crippen molar-refractivity contribution in [3.8, 4) is 5.75 Å². The van der Waals surface area contributed by atoms with Gasteiger partial charge in [0.05, 0.1) is 17.8 Å². The molecular formula is C15H19N3O2S. The van der Waals surface area contributed by atoms with Crippen molar-refractivity contribution in [2.45, 2.75) is 13.5 Å². The molecule has 1 heterocycles. The summed E-state index contributed by atoms with van der Waals surface area (Å²) in [5.41, 5.74) is 7.42. The molecule has 21 heavy (non-hydrogen) atoms. The molecular weight excluding hydrogens is 286 g/mol. The molecule has 0 aliphatic heterocycles. The van der Waals surface area contributed by atoms with E-state index in [9.17, 15) is 4.79 Å². The Kier molecular flexibility index (Phi) is 5.05. The summed E-state index contributed by atoms with van der Waals surface area (Å²) in [6.07, 6.45) is 0. The SMILES string of the molecule is CCNC(=O)c1sc(NCc2ccccc2OC)cc1N. The van der Waals surface area contributed by atoms with E-state index >= 15 is 0 Å².